The SMILES string of the molecule is CC/C=C(\C(=O)O)N(CCCC(C)C)CCCC(C)C. The largest absolute Gasteiger partial charge is 0.477 e. The van der Waals surface area contributed by atoms with E-state index in [9.17, 15) is 9.90 Å². The van der Waals surface area contributed by atoms with E-state index >= 15 is 0 Å². The first-order valence-corrected chi connectivity index (χ1v) is 8.06. The highest BCUT2D eigenvalue weighted by atomic mass is 16.4. The molecule has 0 saturated carbocycles. The third-order valence-electron chi connectivity index (χ3n) is 3.38. The third-order valence-corrected chi connectivity index (χ3v) is 3.38. The molecule has 0 bridgehead atoms. The van der Waals surface area contributed by atoms with Crippen molar-refractivity contribution in [1.29, 1.82) is 0 Å². The number of carbonyl (C=O) groups is 1. The third kappa shape index (κ3) is 9.00. The van der Waals surface area contributed by atoms with Crippen molar-refractivity contribution in [3.05, 3.63) is 11.8 Å². The quantitative estimate of drug-likeness (QED) is 0.566. The number of carboxylic acid groups (broad SMARTS) is 1. The molecule has 3 heteroatoms. The lowest BCUT2D eigenvalue weighted by Crippen LogP contribution is -2.30. The van der Waals surface area contributed by atoms with Crippen LogP contribution in [0.5, 0.6) is 0 Å². The summed E-state index contributed by atoms with van der Waals surface area (Å²) in [5.74, 6) is 0.563. The van der Waals surface area contributed by atoms with E-state index in [1.54, 1.807) is 0 Å². The van der Waals surface area contributed by atoms with Crippen molar-refractivity contribution >= 4 is 5.97 Å². The Bertz CT molecular complexity index is 281. The summed E-state index contributed by atoms with van der Waals surface area (Å²) in [5, 5.41) is 9.38. The van der Waals surface area contributed by atoms with Gasteiger partial charge in [-0.05, 0) is 43.9 Å². The Labute approximate surface area is 125 Å². The summed E-state index contributed by atoms with van der Waals surface area (Å²) in [4.78, 5) is 13.5. The monoisotopic (exact) mass is 283 g/mol. The molecule has 0 radical (unpaired) electrons. The van der Waals surface area contributed by atoms with Crippen molar-refractivity contribution in [1.82, 2.24) is 4.90 Å². The zero-order valence-corrected chi connectivity index (χ0v) is 14.0. The van der Waals surface area contributed by atoms with Gasteiger partial charge in [-0.25, -0.2) is 4.79 Å². The molecule has 20 heavy (non-hydrogen) atoms. The van der Waals surface area contributed by atoms with Crippen LogP contribution in [0.3, 0.4) is 0 Å². The zero-order chi connectivity index (χ0) is 15.5. The minimum absolute atomic E-state index is 0.486. The van der Waals surface area contributed by atoms with Gasteiger partial charge in [0, 0.05) is 13.1 Å². The van der Waals surface area contributed by atoms with Gasteiger partial charge in [-0.15, -0.1) is 0 Å². The van der Waals surface area contributed by atoms with E-state index in [1.165, 1.54) is 0 Å². The molecule has 0 saturated heterocycles. The van der Waals surface area contributed by atoms with Gasteiger partial charge in [0.05, 0.1) is 0 Å². The number of hydrogen-bond acceptors (Lipinski definition) is 2. The van der Waals surface area contributed by atoms with Gasteiger partial charge in [-0.1, -0.05) is 40.7 Å². The van der Waals surface area contributed by atoms with E-state index in [0.717, 1.165) is 45.2 Å². The van der Waals surface area contributed by atoms with Crippen molar-refractivity contribution in [3.8, 4) is 0 Å². The predicted molar refractivity (Wildman–Crippen MR) is 85.7 cm³/mol. The summed E-state index contributed by atoms with van der Waals surface area (Å²) in [6.45, 7) is 12.5. The summed E-state index contributed by atoms with van der Waals surface area (Å²) in [6.07, 6.45) is 7.04. The first-order chi connectivity index (χ1) is 9.38. The molecular formula is C17H33NO2. The molecule has 0 aliphatic heterocycles. The van der Waals surface area contributed by atoms with Crippen LogP contribution in [-0.4, -0.2) is 29.1 Å². The van der Waals surface area contributed by atoms with Crippen molar-refractivity contribution in [2.75, 3.05) is 13.1 Å². The van der Waals surface area contributed by atoms with Gasteiger partial charge in [0.25, 0.3) is 0 Å². The molecule has 1 N–H and O–H groups in total. The van der Waals surface area contributed by atoms with Crippen LogP contribution in [0.4, 0.5) is 0 Å². The van der Waals surface area contributed by atoms with Crippen molar-refractivity contribution in [2.24, 2.45) is 11.8 Å². The van der Waals surface area contributed by atoms with Crippen molar-refractivity contribution in [3.63, 3.8) is 0 Å². The fourth-order valence-corrected chi connectivity index (χ4v) is 2.28. The smallest absolute Gasteiger partial charge is 0.351 e. The molecule has 3 nitrogen and oxygen atoms in total. The van der Waals surface area contributed by atoms with Gasteiger partial charge in [0.2, 0.25) is 0 Å². The highest BCUT2D eigenvalue weighted by Crippen LogP contribution is 2.14. The zero-order valence-electron chi connectivity index (χ0n) is 14.0. The van der Waals surface area contributed by atoms with Crippen molar-refractivity contribution < 1.29 is 9.90 Å². The molecular weight excluding hydrogens is 250 g/mol. The minimum atomic E-state index is -0.791. The second kappa shape index (κ2) is 10.8. The van der Waals surface area contributed by atoms with Crippen LogP contribution >= 0.6 is 0 Å². The van der Waals surface area contributed by atoms with E-state index in [4.69, 9.17) is 0 Å². The number of rotatable bonds is 11. The molecule has 0 aromatic heterocycles. The average Bonchev–Trinajstić information content (AvgIpc) is 2.33. The number of carboxylic acids is 1. The Balaban J connectivity index is 4.57. The molecule has 0 amide bonds. The molecule has 0 aromatic rings. The predicted octanol–water partition coefficient (Wildman–Crippen LogP) is 4.54. The van der Waals surface area contributed by atoms with Crippen LogP contribution in [0.15, 0.2) is 11.8 Å². The van der Waals surface area contributed by atoms with E-state index < -0.39 is 5.97 Å². The molecule has 118 valence electrons. The Morgan fingerprint density at radius 3 is 1.80 bits per heavy atom. The fourth-order valence-electron chi connectivity index (χ4n) is 2.28. The summed E-state index contributed by atoms with van der Waals surface area (Å²) in [7, 11) is 0. The van der Waals surface area contributed by atoms with Gasteiger partial charge >= 0.3 is 5.97 Å². The first-order valence-electron chi connectivity index (χ1n) is 8.06. The first kappa shape index (κ1) is 19.0. The maximum Gasteiger partial charge on any atom is 0.351 e. The Hall–Kier alpha value is -0.990. The Morgan fingerprint density at radius 2 is 1.50 bits per heavy atom. The lowest BCUT2D eigenvalue weighted by molar-refractivity contribution is -0.134. The summed E-state index contributed by atoms with van der Waals surface area (Å²) < 4.78 is 0. The number of aliphatic carboxylic acids is 1. The molecule has 0 spiro atoms. The minimum Gasteiger partial charge on any atom is -0.477 e. The van der Waals surface area contributed by atoms with Gasteiger partial charge in [-0.2, -0.15) is 0 Å². The normalized spacial score (nSPS) is 12.2. The van der Waals surface area contributed by atoms with Gasteiger partial charge in [0.1, 0.15) is 5.70 Å². The van der Waals surface area contributed by atoms with Crippen molar-refractivity contribution in [2.45, 2.75) is 66.7 Å². The number of nitrogens with zero attached hydrogens (tertiary/aromatic N) is 1. The molecule has 0 rings (SSSR count). The molecule has 0 heterocycles. The summed E-state index contributed by atoms with van der Waals surface area (Å²) in [6, 6.07) is 0. The van der Waals surface area contributed by atoms with E-state index in [0.29, 0.717) is 17.5 Å². The Kier molecular flexibility index (Phi) is 10.2. The molecule has 0 aliphatic rings. The second-order valence-corrected chi connectivity index (χ2v) is 6.36. The lowest BCUT2D eigenvalue weighted by atomic mass is 10.1. The standard InChI is InChI=1S/C17H33NO2/c1-6-9-16(17(19)20)18(12-7-10-14(2)3)13-8-11-15(4)5/h9,14-15H,6-8,10-13H2,1-5H3,(H,19,20)/b16-9+. The molecule has 0 aliphatic carbocycles. The molecule has 0 aromatic carbocycles. The van der Waals surface area contributed by atoms with E-state index in [1.807, 2.05) is 13.0 Å². The van der Waals surface area contributed by atoms with Crippen LogP contribution in [0.2, 0.25) is 0 Å². The van der Waals surface area contributed by atoms with Crippen LogP contribution in [0.1, 0.15) is 66.7 Å². The van der Waals surface area contributed by atoms with Gasteiger partial charge in [0.15, 0.2) is 0 Å². The molecule has 0 atom stereocenters. The van der Waals surface area contributed by atoms with E-state index in [2.05, 4.69) is 32.6 Å². The Morgan fingerprint density at radius 1 is 1.05 bits per heavy atom. The summed E-state index contributed by atoms with van der Waals surface area (Å²) in [5.41, 5.74) is 0.486. The fraction of sp³-hybridized carbons (Fsp3) is 0.824. The molecule has 0 fully saturated rings. The number of allylic oxidation sites excluding steroid dienone is 1. The van der Waals surface area contributed by atoms with Gasteiger partial charge in [-0.3, -0.25) is 0 Å². The highest BCUT2D eigenvalue weighted by Gasteiger charge is 2.15. The maximum absolute atomic E-state index is 11.4. The van der Waals surface area contributed by atoms with Crippen LogP contribution in [0, 0.1) is 11.8 Å². The van der Waals surface area contributed by atoms with Crippen LogP contribution in [0.25, 0.3) is 0 Å². The second-order valence-electron chi connectivity index (χ2n) is 6.36. The van der Waals surface area contributed by atoms with E-state index in [-0.39, 0.29) is 0 Å². The van der Waals surface area contributed by atoms with Gasteiger partial charge < -0.3 is 10.0 Å². The maximum atomic E-state index is 11.4. The topological polar surface area (TPSA) is 40.5 Å². The number of hydrogen-bond donors (Lipinski definition) is 1. The van der Waals surface area contributed by atoms with Crippen LogP contribution < -0.4 is 0 Å². The summed E-state index contributed by atoms with van der Waals surface area (Å²) >= 11 is 0. The highest BCUT2D eigenvalue weighted by molar-refractivity contribution is 5.85. The molecule has 0 unspecified atom stereocenters. The average molecular weight is 283 g/mol. The van der Waals surface area contributed by atoms with Crippen LogP contribution in [-0.2, 0) is 4.79 Å². The lowest BCUT2D eigenvalue weighted by Gasteiger charge is -2.26.